The topological polar surface area (TPSA) is 21.3 Å². The first-order chi connectivity index (χ1) is 8.55. The van der Waals surface area contributed by atoms with E-state index >= 15 is 0 Å². The fourth-order valence-corrected chi connectivity index (χ4v) is 3.74. The van der Waals surface area contributed by atoms with Crippen LogP contribution in [-0.4, -0.2) is 24.8 Å². The van der Waals surface area contributed by atoms with E-state index in [1.54, 1.807) is 0 Å². The van der Waals surface area contributed by atoms with Crippen LogP contribution in [0, 0.1) is 11.3 Å². The maximum Gasteiger partial charge on any atom is 0.0655 e. The largest absolute Gasteiger partial charge is 0.378 e. The van der Waals surface area contributed by atoms with Crippen molar-refractivity contribution < 1.29 is 4.74 Å². The van der Waals surface area contributed by atoms with Gasteiger partial charge in [-0.15, -0.1) is 0 Å². The molecule has 0 saturated heterocycles. The van der Waals surface area contributed by atoms with E-state index in [4.69, 9.17) is 4.74 Å². The van der Waals surface area contributed by atoms with Crippen molar-refractivity contribution in [3.8, 4) is 0 Å². The molecule has 2 fully saturated rings. The normalized spacial score (nSPS) is 34.0. The second-order valence-electron chi connectivity index (χ2n) is 6.91. The van der Waals surface area contributed by atoms with Crippen molar-refractivity contribution in [2.24, 2.45) is 11.3 Å². The highest BCUT2D eigenvalue weighted by molar-refractivity contribution is 5.03. The van der Waals surface area contributed by atoms with Gasteiger partial charge in [-0.2, -0.15) is 0 Å². The molecule has 0 aromatic carbocycles. The summed E-state index contributed by atoms with van der Waals surface area (Å²) in [5.41, 5.74) is 0.305. The minimum atomic E-state index is 0.305. The molecule has 0 bridgehead atoms. The highest BCUT2D eigenvalue weighted by Gasteiger charge is 2.49. The van der Waals surface area contributed by atoms with Crippen LogP contribution in [0.1, 0.15) is 66.2 Å². The first-order valence-electron chi connectivity index (χ1n) is 7.93. The van der Waals surface area contributed by atoms with E-state index < -0.39 is 0 Å². The molecule has 2 rings (SSSR count). The average molecular weight is 253 g/mol. The van der Waals surface area contributed by atoms with Crippen molar-refractivity contribution in [1.29, 1.82) is 0 Å². The molecule has 0 radical (unpaired) electrons. The Morgan fingerprint density at radius 1 is 1.22 bits per heavy atom. The van der Waals surface area contributed by atoms with E-state index in [2.05, 4.69) is 33.0 Å². The van der Waals surface area contributed by atoms with Crippen LogP contribution in [-0.2, 0) is 4.74 Å². The lowest BCUT2D eigenvalue weighted by molar-refractivity contribution is -0.117. The molecular weight excluding hydrogens is 222 g/mol. The third kappa shape index (κ3) is 2.91. The lowest BCUT2D eigenvalue weighted by atomic mass is 9.64. The molecule has 0 aromatic heterocycles. The molecule has 0 spiro atoms. The Morgan fingerprint density at radius 3 is 2.44 bits per heavy atom. The number of hydrogen-bond donors (Lipinski definition) is 1. The van der Waals surface area contributed by atoms with Gasteiger partial charge in [-0.3, -0.25) is 0 Å². The van der Waals surface area contributed by atoms with E-state index in [1.165, 1.54) is 38.5 Å². The zero-order valence-electron chi connectivity index (χ0n) is 12.7. The van der Waals surface area contributed by atoms with Crippen molar-refractivity contribution >= 4 is 0 Å². The summed E-state index contributed by atoms with van der Waals surface area (Å²) in [6, 6.07) is 1.32. The van der Waals surface area contributed by atoms with Crippen LogP contribution < -0.4 is 5.32 Å². The summed E-state index contributed by atoms with van der Waals surface area (Å²) in [4.78, 5) is 0. The Hall–Kier alpha value is -0.0800. The SMILES string of the molecule is CCOC1CC(NC(C)C2CCCCC2)C1(C)C. The molecule has 0 aliphatic heterocycles. The number of hydrogen-bond acceptors (Lipinski definition) is 2. The van der Waals surface area contributed by atoms with Crippen molar-refractivity contribution in [2.45, 2.75) is 84.4 Å². The van der Waals surface area contributed by atoms with Crippen LogP contribution in [0.3, 0.4) is 0 Å². The molecule has 2 saturated carbocycles. The molecule has 2 nitrogen and oxygen atoms in total. The first kappa shape index (κ1) is 14.3. The van der Waals surface area contributed by atoms with Crippen LogP contribution >= 0.6 is 0 Å². The maximum absolute atomic E-state index is 5.81. The molecule has 0 heterocycles. The predicted molar refractivity (Wildman–Crippen MR) is 76.8 cm³/mol. The maximum atomic E-state index is 5.81. The minimum Gasteiger partial charge on any atom is -0.378 e. The second-order valence-corrected chi connectivity index (χ2v) is 6.91. The third-order valence-corrected chi connectivity index (χ3v) is 5.37. The Morgan fingerprint density at radius 2 is 1.89 bits per heavy atom. The van der Waals surface area contributed by atoms with Crippen LogP contribution in [0.2, 0.25) is 0 Å². The van der Waals surface area contributed by atoms with Crippen LogP contribution in [0.5, 0.6) is 0 Å². The predicted octanol–water partition coefficient (Wildman–Crippen LogP) is 3.75. The molecule has 2 heteroatoms. The molecule has 0 amide bonds. The fraction of sp³-hybridized carbons (Fsp3) is 1.00. The van der Waals surface area contributed by atoms with Gasteiger partial charge >= 0.3 is 0 Å². The molecule has 2 aliphatic carbocycles. The third-order valence-electron chi connectivity index (χ3n) is 5.37. The van der Waals surface area contributed by atoms with Gasteiger partial charge < -0.3 is 10.1 Å². The highest BCUT2D eigenvalue weighted by Crippen LogP contribution is 2.43. The molecule has 3 atom stereocenters. The van der Waals surface area contributed by atoms with Gasteiger partial charge in [0.25, 0.3) is 0 Å². The summed E-state index contributed by atoms with van der Waals surface area (Å²) in [7, 11) is 0. The Labute approximate surface area is 113 Å². The van der Waals surface area contributed by atoms with E-state index in [0.29, 0.717) is 23.6 Å². The Balaban J connectivity index is 1.79. The van der Waals surface area contributed by atoms with Gasteiger partial charge in [0.05, 0.1) is 6.10 Å². The van der Waals surface area contributed by atoms with Crippen molar-refractivity contribution in [2.75, 3.05) is 6.61 Å². The monoisotopic (exact) mass is 253 g/mol. The summed E-state index contributed by atoms with van der Waals surface area (Å²) in [5, 5.41) is 3.88. The van der Waals surface area contributed by atoms with E-state index in [9.17, 15) is 0 Å². The summed E-state index contributed by atoms with van der Waals surface area (Å²) < 4.78 is 5.81. The second kappa shape index (κ2) is 5.92. The molecule has 2 aliphatic rings. The van der Waals surface area contributed by atoms with E-state index in [1.807, 2.05) is 0 Å². The number of nitrogens with one attached hydrogen (secondary N) is 1. The molecule has 1 N–H and O–H groups in total. The van der Waals surface area contributed by atoms with Crippen LogP contribution in [0.15, 0.2) is 0 Å². The van der Waals surface area contributed by atoms with Crippen LogP contribution in [0.25, 0.3) is 0 Å². The van der Waals surface area contributed by atoms with Crippen molar-refractivity contribution in [1.82, 2.24) is 5.32 Å². The Bertz CT molecular complexity index is 258. The zero-order valence-corrected chi connectivity index (χ0v) is 12.7. The van der Waals surface area contributed by atoms with E-state index in [0.717, 1.165) is 12.5 Å². The molecule has 18 heavy (non-hydrogen) atoms. The number of rotatable bonds is 5. The minimum absolute atomic E-state index is 0.305. The lowest BCUT2D eigenvalue weighted by Crippen LogP contribution is -2.63. The molecule has 3 unspecified atom stereocenters. The van der Waals surface area contributed by atoms with Crippen LogP contribution in [0.4, 0.5) is 0 Å². The molecular formula is C16H31NO. The van der Waals surface area contributed by atoms with Gasteiger partial charge in [-0.25, -0.2) is 0 Å². The van der Waals surface area contributed by atoms with Gasteiger partial charge in [0.2, 0.25) is 0 Å². The first-order valence-corrected chi connectivity index (χ1v) is 7.93. The summed E-state index contributed by atoms with van der Waals surface area (Å²) in [5.74, 6) is 0.903. The highest BCUT2D eigenvalue weighted by atomic mass is 16.5. The summed E-state index contributed by atoms with van der Waals surface area (Å²) in [6.45, 7) is 10.0. The molecule has 0 aromatic rings. The average Bonchev–Trinajstić information content (AvgIpc) is 2.38. The quantitative estimate of drug-likeness (QED) is 0.805. The van der Waals surface area contributed by atoms with Crippen molar-refractivity contribution in [3.63, 3.8) is 0 Å². The van der Waals surface area contributed by atoms with E-state index in [-0.39, 0.29) is 0 Å². The zero-order chi connectivity index (χ0) is 13.2. The van der Waals surface area contributed by atoms with Gasteiger partial charge in [0.15, 0.2) is 0 Å². The van der Waals surface area contributed by atoms with Gasteiger partial charge in [-0.05, 0) is 39.0 Å². The molecule has 106 valence electrons. The lowest BCUT2D eigenvalue weighted by Gasteiger charge is -2.53. The van der Waals surface area contributed by atoms with Crippen molar-refractivity contribution in [3.05, 3.63) is 0 Å². The summed E-state index contributed by atoms with van der Waals surface area (Å²) in [6.07, 6.45) is 8.83. The van der Waals surface area contributed by atoms with Gasteiger partial charge in [-0.1, -0.05) is 33.1 Å². The number of ether oxygens (including phenoxy) is 1. The van der Waals surface area contributed by atoms with Gasteiger partial charge in [0, 0.05) is 24.1 Å². The fourth-order valence-electron chi connectivity index (χ4n) is 3.74. The standard InChI is InChI=1S/C16H31NO/c1-5-18-15-11-14(16(15,3)4)17-12(2)13-9-7-6-8-10-13/h12-15,17H,5-11H2,1-4H3. The van der Waals surface area contributed by atoms with Gasteiger partial charge in [0.1, 0.15) is 0 Å². The summed E-state index contributed by atoms with van der Waals surface area (Å²) >= 11 is 0. The smallest absolute Gasteiger partial charge is 0.0655 e. The Kier molecular flexibility index (Phi) is 4.71.